The number of nitrogens with one attached hydrogen (secondary N) is 1. The Balaban J connectivity index is 1.32. The fraction of sp³-hybridized carbons (Fsp3) is 0.364. The van der Waals surface area contributed by atoms with Gasteiger partial charge in [0.15, 0.2) is 0 Å². The summed E-state index contributed by atoms with van der Waals surface area (Å²) in [6.07, 6.45) is 4.49. The molecule has 0 spiro atoms. The van der Waals surface area contributed by atoms with Gasteiger partial charge < -0.3 is 10.2 Å². The molecular weight excluding hydrogens is 324 g/mol. The van der Waals surface area contributed by atoms with Crippen molar-refractivity contribution < 1.29 is 9.59 Å². The van der Waals surface area contributed by atoms with E-state index in [0.29, 0.717) is 25.9 Å². The molecule has 0 radical (unpaired) electrons. The molecule has 1 fully saturated rings. The Morgan fingerprint density at radius 1 is 1.04 bits per heavy atom. The average molecular weight is 348 g/mol. The van der Waals surface area contributed by atoms with E-state index in [0.717, 1.165) is 24.0 Å². The van der Waals surface area contributed by atoms with Crippen molar-refractivity contribution in [3.63, 3.8) is 0 Å². The smallest absolute Gasteiger partial charge is 0.245 e. The minimum atomic E-state index is -0.388. The van der Waals surface area contributed by atoms with E-state index in [2.05, 4.69) is 17.4 Å². The molecule has 4 heteroatoms. The van der Waals surface area contributed by atoms with E-state index in [4.69, 9.17) is 0 Å². The third-order valence-electron chi connectivity index (χ3n) is 5.38. The quantitative estimate of drug-likeness (QED) is 0.903. The highest BCUT2D eigenvalue weighted by Gasteiger charge is 2.32. The number of aryl methyl sites for hydroxylation is 2. The van der Waals surface area contributed by atoms with Gasteiger partial charge in [-0.1, -0.05) is 48.5 Å². The molecule has 1 aliphatic heterocycles. The zero-order valence-electron chi connectivity index (χ0n) is 14.9. The Bertz CT molecular complexity index is 816. The molecule has 0 bridgehead atoms. The summed E-state index contributed by atoms with van der Waals surface area (Å²) < 4.78 is 0. The highest BCUT2D eigenvalue weighted by molar-refractivity contribution is 5.89. The van der Waals surface area contributed by atoms with Crippen LogP contribution < -0.4 is 5.32 Å². The summed E-state index contributed by atoms with van der Waals surface area (Å²) in [4.78, 5) is 26.8. The molecule has 2 amide bonds. The lowest BCUT2D eigenvalue weighted by Gasteiger charge is -2.17. The fourth-order valence-corrected chi connectivity index (χ4v) is 4.00. The van der Waals surface area contributed by atoms with Crippen LogP contribution in [-0.2, 0) is 35.4 Å². The molecule has 4 nitrogen and oxygen atoms in total. The summed E-state index contributed by atoms with van der Waals surface area (Å²) in [5, 5.41) is 2.93. The molecule has 4 rings (SSSR count). The zero-order chi connectivity index (χ0) is 17.9. The topological polar surface area (TPSA) is 49.4 Å². The summed E-state index contributed by atoms with van der Waals surface area (Å²) in [6, 6.07) is 15.9. The van der Waals surface area contributed by atoms with E-state index in [9.17, 15) is 9.59 Å². The van der Waals surface area contributed by atoms with Gasteiger partial charge in [0.2, 0.25) is 11.8 Å². The van der Waals surface area contributed by atoms with Gasteiger partial charge in [-0.15, -0.1) is 0 Å². The lowest BCUT2D eigenvalue weighted by molar-refractivity contribution is -0.132. The van der Waals surface area contributed by atoms with E-state index in [-0.39, 0.29) is 17.9 Å². The van der Waals surface area contributed by atoms with Crippen molar-refractivity contribution in [3.05, 3.63) is 70.8 Å². The van der Waals surface area contributed by atoms with Crippen LogP contribution in [0.5, 0.6) is 0 Å². The van der Waals surface area contributed by atoms with Crippen LogP contribution in [0.4, 0.5) is 0 Å². The molecular formula is C22H24N2O2. The number of hydrogen-bond donors (Lipinski definition) is 1. The highest BCUT2D eigenvalue weighted by Crippen LogP contribution is 2.23. The standard InChI is InChI=1S/C22H24N2O2/c25-21(14-17-9-10-18-7-4-8-19(18)13-17)23-20-11-12-24(22(20)26)15-16-5-2-1-3-6-16/h1-3,5-6,9-10,13,20H,4,7-8,11-12,14-15H2,(H,23,25)/t20-/m0/s1. The van der Waals surface area contributed by atoms with Crippen molar-refractivity contribution in [2.45, 2.75) is 44.7 Å². The zero-order valence-corrected chi connectivity index (χ0v) is 14.9. The maximum absolute atomic E-state index is 12.6. The first kappa shape index (κ1) is 16.8. The molecule has 1 atom stereocenters. The SMILES string of the molecule is O=C(Cc1ccc2c(c1)CCC2)N[C@H]1CCN(Cc2ccccc2)C1=O. The first-order chi connectivity index (χ1) is 12.7. The second kappa shape index (κ2) is 7.32. The van der Waals surface area contributed by atoms with Crippen molar-refractivity contribution in [1.82, 2.24) is 10.2 Å². The Morgan fingerprint density at radius 3 is 2.69 bits per heavy atom. The van der Waals surface area contributed by atoms with Crippen molar-refractivity contribution in [2.75, 3.05) is 6.54 Å². The Hall–Kier alpha value is -2.62. The maximum Gasteiger partial charge on any atom is 0.245 e. The van der Waals surface area contributed by atoms with Crippen LogP contribution >= 0.6 is 0 Å². The van der Waals surface area contributed by atoms with Gasteiger partial charge in [0.05, 0.1) is 6.42 Å². The predicted molar refractivity (Wildman–Crippen MR) is 101 cm³/mol. The molecule has 134 valence electrons. The first-order valence-electron chi connectivity index (χ1n) is 9.42. The second-order valence-electron chi connectivity index (χ2n) is 7.29. The van der Waals surface area contributed by atoms with Gasteiger partial charge >= 0.3 is 0 Å². The Kier molecular flexibility index (Phi) is 4.74. The van der Waals surface area contributed by atoms with Crippen molar-refractivity contribution >= 4 is 11.8 Å². The lowest BCUT2D eigenvalue weighted by Crippen LogP contribution is -2.41. The van der Waals surface area contributed by atoms with Gasteiger partial charge in [0, 0.05) is 13.1 Å². The van der Waals surface area contributed by atoms with E-state index in [1.807, 2.05) is 41.3 Å². The largest absolute Gasteiger partial charge is 0.344 e. The van der Waals surface area contributed by atoms with Gasteiger partial charge in [-0.2, -0.15) is 0 Å². The number of benzene rings is 2. The molecule has 0 aromatic heterocycles. The molecule has 26 heavy (non-hydrogen) atoms. The number of fused-ring (bicyclic) bond motifs is 1. The molecule has 0 saturated carbocycles. The molecule has 0 unspecified atom stereocenters. The Labute approximate surface area is 154 Å². The van der Waals surface area contributed by atoms with Crippen molar-refractivity contribution in [1.29, 1.82) is 0 Å². The average Bonchev–Trinajstić information content (AvgIpc) is 3.24. The third kappa shape index (κ3) is 3.64. The van der Waals surface area contributed by atoms with Gasteiger partial charge in [0.1, 0.15) is 6.04 Å². The number of nitrogens with zero attached hydrogens (tertiary/aromatic N) is 1. The summed E-state index contributed by atoms with van der Waals surface area (Å²) in [6.45, 7) is 1.30. The minimum absolute atomic E-state index is 0.0242. The summed E-state index contributed by atoms with van der Waals surface area (Å²) in [7, 11) is 0. The highest BCUT2D eigenvalue weighted by atomic mass is 16.2. The van der Waals surface area contributed by atoms with Crippen LogP contribution in [0.1, 0.15) is 35.1 Å². The molecule has 1 aliphatic carbocycles. The molecule has 1 heterocycles. The minimum Gasteiger partial charge on any atom is -0.344 e. The molecule has 2 aromatic carbocycles. The van der Waals surface area contributed by atoms with Crippen LogP contribution in [-0.4, -0.2) is 29.3 Å². The maximum atomic E-state index is 12.6. The van der Waals surface area contributed by atoms with E-state index in [1.165, 1.54) is 17.5 Å². The fourth-order valence-electron chi connectivity index (χ4n) is 4.00. The molecule has 1 N–H and O–H groups in total. The Morgan fingerprint density at radius 2 is 1.85 bits per heavy atom. The monoisotopic (exact) mass is 348 g/mol. The summed E-state index contributed by atoms with van der Waals surface area (Å²) >= 11 is 0. The van der Waals surface area contributed by atoms with Crippen molar-refractivity contribution in [3.8, 4) is 0 Å². The summed E-state index contributed by atoms with van der Waals surface area (Å²) in [5.41, 5.74) is 4.94. The van der Waals surface area contributed by atoms with E-state index in [1.54, 1.807) is 0 Å². The second-order valence-corrected chi connectivity index (χ2v) is 7.29. The predicted octanol–water partition coefficient (Wildman–Crippen LogP) is 2.64. The van der Waals surface area contributed by atoms with Gasteiger partial charge in [0.25, 0.3) is 0 Å². The number of carbonyl (C=O) groups excluding carboxylic acids is 2. The van der Waals surface area contributed by atoms with Gasteiger partial charge in [-0.05, 0) is 47.9 Å². The van der Waals surface area contributed by atoms with E-state index < -0.39 is 0 Å². The normalized spacial score (nSPS) is 18.8. The van der Waals surface area contributed by atoms with Crippen LogP contribution in [0, 0.1) is 0 Å². The number of carbonyl (C=O) groups is 2. The number of amides is 2. The summed E-state index contributed by atoms with van der Waals surface area (Å²) in [5.74, 6) is -0.0426. The number of likely N-dealkylation sites (tertiary alicyclic amines) is 1. The van der Waals surface area contributed by atoms with Crippen LogP contribution in [0.3, 0.4) is 0 Å². The first-order valence-corrected chi connectivity index (χ1v) is 9.42. The lowest BCUT2D eigenvalue weighted by atomic mass is 10.0. The molecule has 2 aliphatic rings. The van der Waals surface area contributed by atoms with Crippen LogP contribution in [0.15, 0.2) is 48.5 Å². The van der Waals surface area contributed by atoms with Gasteiger partial charge in [-0.3, -0.25) is 9.59 Å². The molecule has 1 saturated heterocycles. The number of hydrogen-bond acceptors (Lipinski definition) is 2. The van der Waals surface area contributed by atoms with Crippen molar-refractivity contribution in [2.24, 2.45) is 0 Å². The third-order valence-corrected chi connectivity index (χ3v) is 5.38. The number of rotatable bonds is 5. The van der Waals surface area contributed by atoms with Crippen LogP contribution in [0.25, 0.3) is 0 Å². The van der Waals surface area contributed by atoms with Gasteiger partial charge in [-0.25, -0.2) is 0 Å². The van der Waals surface area contributed by atoms with Crippen LogP contribution in [0.2, 0.25) is 0 Å². The van der Waals surface area contributed by atoms with E-state index >= 15 is 0 Å². The molecule has 2 aromatic rings.